The van der Waals surface area contributed by atoms with Crippen LogP contribution in [0.4, 0.5) is 0 Å². The molecule has 15 heavy (non-hydrogen) atoms. The average molecular weight is 214 g/mol. The quantitative estimate of drug-likeness (QED) is 0.710. The Morgan fingerprint density at radius 1 is 1.67 bits per heavy atom. The third-order valence-electron chi connectivity index (χ3n) is 3.17. The van der Waals surface area contributed by atoms with Gasteiger partial charge in [-0.15, -0.1) is 0 Å². The summed E-state index contributed by atoms with van der Waals surface area (Å²) < 4.78 is 0. The maximum absolute atomic E-state index is 10.6. The van der Waals surface area contributed by atoms with Crippen molar-refractivity contribution in [1.82, 2.24) is 10.2 Å². The first-order valence-corrected chi connectivity index (χ1v) is 5.72. The maximum Gasteiger partial charge on any atom is 0.304 e. The van der Waals surface area contributed by atoms with Crippen molar-refractivity contribution in [2.24, 2.45) is 5.92 Å². The molecule has 0 aliphatic carbocycles. The van der Waals surface area contributed by atoms with Crippen LogP contribution in [0.5, 0.6) is 0 Å². The summed E-state index contributed by atoms with van der Waals surface area (Å²) in [6, 6.07) is 0.129. The number of carbonyl (C=O) groups is 1. The molecule has 0 aromatic carbocycles. The molecule has 1 fully saturated rings. The van der Waals surface area contributed by atoms with Gasteiger partial charge < -0.3 is 15.3 Å². The molecule has 1 heterocycles. The fourth-order valence-corrected chi connectivity index (χ4v) is 2.08. The third-order valence-corrected chi connectivity index (χ3v) is 3.17. The first-order valence-electron chi connectivity index (χ1n) is 5.72. The van der Waals surface area contributed by atoms with Crippen LogP contribution in [0.15, 0.2) is 0 Å². The van der Waals surface area contributed by atoms with Gasteiger partial charge in [0.1, 0.15) is 0 Å². The molecule has 0 spiro atoms. The first-order chi connectivity index (χ1) is 7.09. The fourth-order valence-electron chi connectivity index (χ4n) is 2.08. The van der Waals surface area contributed by atoms with Gasteiger partial charge in [-0.25, -0.2) is 0 Å². The van der Waals surface area contributed by atoms with Crippen molar-refractivity contribution in [3.63, 3.8) is 0 Å². The minimum Gasteiger partial charge on any atom is -0.481 e. The second-order valence-corrected chi connectivity index (χ2v) is 4.60. The van der Waals surface area contributed by atoms with Gasteiger partial charge in [0.05, 0.1) is 6.42 Å². The lowest BCUT2D eigenvalue weighted by Gasteiger charge is -2.30. The first kappa shape index (κ1) is 12.5. The van der Waals surface area contributed by atoms with Gasteiger partial charge in [-0.1, -0.05) is 0 Å². The Morgan fingerprint density at radius 2 is 2.40 bits per heavy atom. The predicted molar refractivity (Wildman–Crippen MR) is 59.9 cm³/mol. The molecule has 0 aromatic heterocycles. The smallest absolute Gasteiger partial charge is 0.304 e. The van der Waals surface area contributed by atoms with Crippen LogP contribution >= 0.6 is 0 Å². The lowest BCUT2D eigenvalue weighted by atomic mass is 9.98. The van der Waals surface area contributed by atoms with Gasteiger partial charge in [-0.3, -0.25) is 4.79 Å². The van der Waals surface area contributed by atoms with Crippen molar-refractivity contribution in [2.75, 3.05) is 26.7 Å². The third kappa shape index (κ3) is 4.62. The molecule has 0 aromatic rings. The maximum atomic E-state index is 10.6. The number of aliphatic carboxylic acids is 1. The summed E-state index contributed by atoms with van der Waals surface area (Å²) in [6.45, 7) is 5.18. The molecular weight excluding hydrogens is 192 g/mol. The average Bonchev–Trinajstić information content (AvgIpc) is 2.18. The molecule has 1 rings (SSSR count). The Kier molecular flexibility index (Phi) is 5.05. The second kappa shape index (κ2) is 6.08. The number of carboxylic acid groups (broad SMARTS) is 1. The minimum absolute atomic E-state index is 0.129. The summed E-state index contributed by atoms with van der Waals surface area (Å²) in [4.78, 5) is 12.7. The summed E-state index contributed by atoms with van der Waals surface area (Å²) in [5, 5.41) is 12.1. The molecule has 2 unspecified atom stereocenters. The highest BCUT2D eigenvalue weighted by Gasteiger charge is 2.19. The van der Waals surface area contributed by atoms with Gasteiger partial charge in [0, 0.05) is 12.6 Å². The molecule has 0 saturated carbocycles. The van der Waals surface area contributed by atoms with Crippen LogP contribution < -0.4 is 5.32 Å². The van der Waals surface area contributed by atoms with Gasteiger partial charge in [0.25, 0.3) is 0 Å². The molecule has 1 aliphatic heterocycles. The van der Waals surface area contributed by atoms with E-state index in [1.165, 1.54) is 12.8 Å². The Hall–Kier alpha value is -0.610. The molecule has 0 bridgehead atoms. The predicted octanol–water partition coefficient (Wildman–Crippen LogP) is 0.781. The zero-order valence-electron chi connectivity index (χ0n) is 9.70. The zero-order valence-corrected chi connectivity index (χ0v) is 9.70. The lowest BCUT2D eigenvalue weighted by molar-refractivity contribution is -0.138. The zero-order chi connectivity index (χ0) is 11.3. The number of rotatable bonds is 5. The van der Waals surface area contributed by atoms with E-state index in [0.717, 1.165) is 19.6 Å². The normalized spacial score (nSPS) is 24.1. The fraction of sp³-hybridized carbons (Fsp3) is 0.909. The molecule has 4 heteroatoms. The van der Waals surface area contributed by atoms with Crippen molar-refractivity contribution < 1.29 is 9.90 Å². The van der Waals surface area contributed by atoms with E-state index in [2.05, 4.69) is 10.2 Å². The van der Waals surface area contributed by atoms with Gasteiger partial charge in [0.2, 0.25) is 0 Å². The molecule has 1 aliphatic rings. The molecule has 0 radical (unpaired) electrons. The number of nitrogens with one attached hydrogen (secondary N) is 1. The topological polar surface area (TPSA) is 52.6 Å². The molecule has 88 valence electrons. The SMILES string of the molecule is CC(CC(=O)O)N(C)CC1CCCNC1. The van der Waals surface area contributed by atoms with E-state index >= 15 is 0 Å². The van der Waals surface area contributed by atoms with Gasteiger partial charge in [-0.2, -0.15) is 0 Å². The minimum atomic E-state index is -0.712. The van der Waals surface area contributed by atoms with Gasteiger partial charge >= 0.3 is 5.97 Å². The summed E-state index contributed by atoms with van der Waals surface area (Å²) in [7, 11) is 2.02. The van der Waals surface area contributed by atoms with Crippen molar-refractivity contribution >= 4 is 5.97 Å². The second-order valence-electron chi connectivity index (χ2n) is 4.60. The van der Waals surface area contributed by atoms with E-state index in [-0.39, 0.29) is 12.5 Å². The van der Waals surface area contributed by atoms with Crippen LogP contribution in [0, 0.1) is 5.92 Å². The highest BCUT2D eigenvalue weighted by Crippen LogP contribution is 2.13. The van der Waals surface area contributed by atoms with Gasteiger partial charge in [-0.05, 0) is 45.8 Å². The summed E-state index contributed by atoms with van der Waals surface area (Å²) in [5.41, 5.74) is 0. The van der Waals surface area contributed by atoms with Gasteiger partial charge in [0.15, 0.2) is 0 Å². The molecule has 1 saturated heterocycles. The van der Waals surface area contributed by atoms with Crippen molar-refractivity contribution in [3.8, 4) is 0 Å². The van der Waals surface area contributed by atoms with Crippen molar-refractivity contribution in [1.29, 1.82) is 0 Å². The Bertz CT molecular complexity index is 203. The molecular formula is C11H22N2O2. The van der Waals surface area contributed by atoms with Crippen LogP contribution in [0.3, 0.4) is 0 Å². The Balaban J connectivity index is 2.26. The van der Waals surface area contributed by atoms with Crippen LogP contribution in [-0.2, 0) is 4.79 Å². The van der Waals surface area contributed by atoms with E-state index < -0.39 is 5.97 Å². The largest absolute Gasteiger partial charge is 0.481 e. The molecule has 2 N–H and O–H groups in total. The summed E-state index contributed by atoms with van der Waals surface area (Å²) >= 11 is 0. The van der Waals surface area contributed by atoms with E-state index in [9.17, 15) is 4.79 Å². The number of hydrogen-bond acceptors (Lipinski definition) is 3. The number of piperidine rings is 1. The van der Waals surface area contributed by atoms with Crippen LogP contribution in [0.25, 0.3) is 0 Å². The molecule has 4 nitrogen and oxygen atoms in total. The molecule has 0 amide bonds. The van der Waals surface area contributed by atoms with E-state index in [1.54, 1.807) is 0 Å². The van der Waals surface area contributed by atoms with E-state index in [4.69, 9.17) is 5.11 Å². The molecule has 2 atom stereocenters. The summed E-state index contributed by atoms with van der Waals surface area (Å²) in [5.74, 6) is -0.0314. The van der Waals surface area contributed by atoms with Crippen LogP contribution in [0.2, 0.25) is 0 Å². The highest BCUT2D eigenvalue weighted by molar-refractivity contribution is 5.67. The van der Waals surface area contributed by atoms with Crippen molar-refractivity contribution in [3.05, 3.63) is 0 Å². The van der Waals surface area contributed by atoms with E-state index in [0.29, 0.717) is 5.92 Å². The Labute approximate surface area is 91.6 Å². The highest BCUT2D eigenvalue weighted by atomic mass is 16.4. The van der Waals surface area contributed by atoms with Crippen LogP contribution in [-0.4, -0.2) is 48.7 Å². The standard InChI is InChI=1S/C11H22N2O2/c1-9(6-11(14)15)13(2)8-10-4-3-5-12-7-10/h9-10,12H,3-8H2,1-2H3,(H,14,15). The van der Waals surface area contributed by atoms with Crippen LogP contribution in [0.1, 0.15) is 26.2 Å². The Morgan fingerprint density at radius 3 is 2.93 bits per heavy atom. The van der Waals surface area contributed by atoms with E-state index in [1.807, 2.05) is 14.0 Å². The monoisotopic (exact) mass is 214 g/mol. The van der Waals surface area contributed by atoms with Crippen molar-refractivity contribution in [2.45, 2.75) is 32.2 Å². The number of nitrogens with zero attached hydrogens (tertiary/aromatic N) is 1. The summed E-state index contributed by atoms with van der Waals surface area (Å²) in [6.07, 6.45) is 2.74. The number of hydrogen-bond donors (Lipinski definition) is 2. The number of carboxylic acids is 1. The lowest BCUT2D eigenvalue weighted by Crippen LogP contribution is -2.40.